The normalized spacial score (nSPS) is 26.6. The second-order valence-electron chi connectivity index (χ2n) is 4.53. The van der Waals surface area contributed by atoms with E-state index in [9.17, 15) is 13.2 Å². The summed E-state index contributed by atoms with van der Waals surface area (Å²) < 4.78 is 23.7. The molecule has 0 saturated heterocycles. The fourth-order valence-corrected chi connectivity index (χ4v) is 4.20. The van der Waals surface area contributed by atoms with Crippen LogP contribution in [0.15, 0.2) is 0 Å². The van der Waals surface area contributed by atoms with Crippen LogP contribution in [0.1, 0.15) is 45.4 Å². The predicted octanol–water partition coefficient (Wildman–Crippen LogP) is 1.84. The Hall–Kier alpha value is -0.580. The molecule has 1 saturated carbocycles. The fourth-order valence-electron chi connectivity index (χ4n) is 2.18. The summed E-state index contributed by atoms with van der Waals surface area (Å²) in [5.41, 5.74) is 0. The van der Waals surface area contributed by atoms with Crippen LogP contribution >= 0.6 is 0 Å². The molecule has 0 aliphatic heterocycles. The van der Waals surface area contributed by atoms with E-state index in [4.69, 9.17) is 5.11 Å². The van der Waals surface area contributed by atoms with E-state index in [-0.39, 0.29) is 16.9 Å². The largest absolute Gasteiger partial charge is 0.481 e. The summed E-state index contributed by atoms with van der Waals surface area (Å²) >= 11 is 0. The fraction of sp³-hybridized carbons (Fsp3) is 0.909. The van der Waals surface area contributed by atoms with Crippen molar-refractivity contribution in [3.8, 4) is 0 Å². The number of carbonyl (C=O) groups is 1. The lowest BCUT2D eigenvalue weighted by Gasteiger charge is -2.25. The maximum atomic E-state index is 11.9. The molecule has 0 atom stereocenters. The third kappa shape index (κ3) is 3.47. The second kappa shape index (κ2) is 5.66. The molecule has 0 unspecified atom stereocenters. The Morgan fingerprint density at radius 2 is 1.81 bits per heavy atom. The second-order valence-corrected chi connectivity index (χ2v) is 6.93. The zero-order chi connectivity index (χ0) is 12.2. The molecule has 1 aliphatic rings. The molecule has 0 aromatic heterocycles. The number of hydrogen-bond donors (Lipinski definition) is 1. The molecule has 0 heterocycles. The lowest BCUT2D eigenvalue weighted by molar-refractivity contribution is -0.142. The van der Waals surface area contributed by atoms with Gasteiger partial charge in [-0.25, -0.2) is 8.42 Å². The van der Waals surface area contributed by atoms with Gasteiger partial charge < -0.3 is 5.11 Å². The molecule has 0 bridgehead atoms. The zero-order valence-corrected chi connectivity index (χ0v) is 10.5. The standard InChI is InChI=1S/C11H20O4S/c1-2-3-8-16(14,15)10-6-4-9(5-7-10)11(12)13/h9-10H,2-8H2,1H3,(H,12,13). The molecule has 0 amide bonds. The lowest BCUT2D eigenvalue weighted by Crippen LogP contribution is -2.31. The molecule has 1 N–H and O–H groups in total. The molecule has 16 heavy (non-hydrogen) atoms. The van der Waals surface area contributed by atoms with Gasteiger partial charge in [-0.2, -0.15) is 0 Å². The molecule has 1 rings (SSSR count). The van der Waals surface area contributed by atoms with Crippen molar-refractivity contribution in [3.63, 3.8) is 0 Å². The minimum absolute atomic E-state index is 0.256. The SMILES string of the molecule is CCCCS(=O)(=O)C1CCC(C(=O)O)CC1. The molecule has 0 radical (unpaired) electrons. The number of hydrogen-bond acceptors (Lipinski definition) is 3. The smallest absolute Gasteiger partial charge is 0.306 e. The van der Waals surface area contributed by atoms with E-state index in [2.05, 4.69) is 0 Å². The first-order chi connectivity index (χ1) is 7.47. The van der Waals surface area contributed by atoms with E-state index >= 15 is 0 Å². The van der Waals surface area contributed by atoms with Gasteiger partial charge in [0.05, 0.1) is 16.9 Å². The van der Waals surface area contributed by atoms with Gasteiger partial charge in [0, 0.05) is 0 Å². The van der Waals surface area contributed by atoms with Gasteiger partial charge >= 0.3 is 5.97 Å². The number of aliphatic carboxylic acids is 1. The minimum Gasteiger partial charge on any atom is -0.481 e. The number of rotatable bonds is 5. The summed E-state index contributed by atoms with van der Waals surface area (Å²) in [4.78, 5) is 10.7. The molecular formula is C11H20O4S. The number of unbranched alkanes of at least 4 members (excludes halogenated alkanes) is 1. The lowest BCUT2D eigenvalue weighted by atomic mass is 9.89. The van der Waals surface area contributed by atoms with Crippen LogP contribution in [0.25, 0.3) is 0 Å². The van der Waals surface area contributed by atoms with E-state index in [1.165, 1.54) is 0 Å². The first-order valence-electron chi connectivity index (χ1n) is 5.91. The van der Waals surface area contributed by atoms with Gasteiger partial charge in [-0.05, 0) is 32.1 Å². The highest BCUT2D eigenvalue weighted by molar-refractivity contribution is 7.92. The Bertz CT molecular complexity index is 326. The van der Waals surface area contributed by atoms with Crippen LogP contribution in [-0.2, 0) is 14.6 Å². The third-order valence-electron chi connectivity index (χ3n) is 3.31. The summed E-state index contributed by atoms with van der Waals surface area (Å²) in [6.07, 6.45) is 3.63. The summed E-state index contributed by atoms with van der Waals surface area (Å²) in [6.45, 7) is 1.97. The first-order valence-corrected chi connectivity index (χ1v) is 7.63. The van der Waals surface area contributed by atoms with Crippen LogP contribution in [0, 0.1) is 5.92 Å². The topological polar surface area (TPSA) is 71.4 Å². The van der Waals surface area contributed by atoms with E-state index in [1.54, 1.807) is 0 Å². The van der Waals surface area contributed by atoms with Crippen molar-refractivity contribution in [1.82, 2.24) is 0 Å². The van der Waals surface area contributed by atoms with E-state index < -0.39 is 15.8 Å². The van der Waals surface area contributed by atoms with Gasteiger partial charge in [-0.1, -0.05) is 13.3 Å². The minimum atomic E-state index is -2.99. The molecular weight excluding hydrogens is 228 g/mol. The van der Waals surface area contributed by atoms with Gasteiger partial charge in [0.1, 0.15) is 0 Å². The number of sulfone groups is 1. The van der Waals surface area contributed by atoms with Crippen molar-refractivity contribution >= 4 is 15.8 Å². The monoisotopic (exact) mass is 248 g/mol. The predicted molar refractivity (Wildman–Crippen MR) is 62.1 cm³/mol. The highest BCUT2D eigenvalue weighted by Crippen LogP contribution is 2.29. The molecule has 1 aliphatic carbocycles. The molecule has 4 nitrogen and oxygen atoms in total. The summed E-state index contributed by atoms with van der Waals surface area (Å²) in [5.74, 6) is -0.867. The number of carboxylic acids is 1. The van der Waals surface area contributed by atoms with Crippen LogP contribution in [0.4, 0.5) is 0 Å². The van der Waals surface area contributed by atoms with Crippen molar-refractivity contribution in [2.24, 2.45) is 5.92 Å². The summed E-state index contributed by atoms with van der Waals surface area (Å²) in [7, 11) is -2.99. The highest BCUT2D eigenvalue weighted by atomic mass is 32.2. The van der Waals surface area contributed by atoms with Crippen molar-refractivity contribution in [2.45, 2.75) is 50.7 Å². The van der Waals surface area contributed by atoms with Crippen LogP contribution in [-0.4, -0.2) is 30.5 Å². The summed E-state index contributed by atoms with van der Waals surface area (Å²) in [5, 5.41) is 8.52. The highest BCUT2D eigenvalue weighted by Gasteiger charge is 2.32. The third-order valence-corrected chi connectivity index (χ3v) is 5.66. The molecule has 5 heteroatoms. The van der Waals surface area contributed by atoms with Gasteiger partial charge in [0.2, 0.25) is 0 Å². The summed E-state index contributed by atoms with van der Waals surface area (Å²) in [6, 6.07) is 0. The maximum Gasteiger partial charge on any atom is 0.306 e. The quantitative estimate of drug-likeness (QED) is 0.806. The van der Waals surface area contributed by atoms with Crippen LogP contribution in [0.3, 0.4) is 0 Å². The molecule has 94 valence electrons. The maximum absolute atomic E-state index is 11.9. The van der Waals surface area contributed by atoms with Crippen molar-refractivity contribution in [2.75, 3.05) is 5.75 Å². The average Bonchev–Trinajstić information content (AvgIpc) is 2.26. The van der Waals surface area contributed by atoms with E-state index in [0.29, 0.717) is 32.1 Å². The van der Waals surface area contributed by atoms with Crippen LogP contribution in [0.2, 0.25) is 0 Å². The van der Waals surface area contributed by atoms with Crippen molar-refractivity contribution in [1.29, 1.82) is 0 Å². The molecule has 0 spiro atoms. The van der Waals surface area contributed by atoms with Crippen LogP contribution in [0.5, 0.6) is 0 Å². The van der Waals surface area contributed by atoms with E-state index in [0.717, 1.165) is 6.42 Å². The Kier molecular flexibility index (Phi) is 4.77. The number of carboxylic acid groups (broad SMARTS) is 1. The van der Waals surface area contributed by atoms with Gasteiger partial charge in [0.15, 0.2) is 9.84 Å². The zero-order valence-electron chi connectivity index (χ0n) is 9.68. The molecule has 0 aromatic rings. The van der Waals surface area contributed by atoms with Crippen molar-refractivity contribution in [3.05, 3.63) is 0 Å². The Morgan fingerprint density at radius 1 is 1.25 bits per heavy atom. The molecule has 0 aromatic carbocycles. The van der Waals surface area contributed by atoms with Crippen LogP contribution < -0.4 is 0 Å². The van der Waals surface area contributed by atoms with Gasteiger partial charge in [0.25, 0.3) is 0 Å². The Balaban J connectivity index is 2.50. The van der Waals surface area contributed by atoms with E-state index in [1.807, 2.05) is 6.92 Å². The average molecular weight is 248 g/mol. The Morgan fingerprint density at radius 3 is 2.25 bits per heavy atom. The molecule has 1 fully saturated rings. The van der Waals surface area contributed by atoms with Gasteiger partial charge in [-0.3, -0.25) is 4.79 Å². The van der Waals surface area contributed by atoms with Gasteiger partial charge in [-0.15, -0.1) is 0 Å². The Labute approximate surface area is 97.0 Å². The van der Waals surface area contributed by atoms with Crippen molar-refractivity contribution < 1.29 is 18.3 Å². The first kappa shape index (κ1) is 13.5.